The summed E-state index contributed by atoms with van der Waals surface area (Å²) < 4.78 is 0. The largest absolute Gasteiger partial charge is 0.366 e. The lowest BCUT2D eigenvalue weighted by Crippen LogP contribution is -2.15. The monoisotopic (exact) mass is 174 g/mol. The molecule has 1 rings (SSSR count). The Kier molecular flexibility index (Phi) is 2.65. The molecule has 0 aliphatic heterocycles. The van der Waals surface area contributed by atoms with E-state index >= 15 is 0 Å². The number of carbonyl (C=O) groups excluding carboxylic acids is 1. The number of primary amides is 1. The van der Waals surface area contributed by atoms with Crippen molar-refractivity contribution in [1.82, 2.24) is 0 Å². The van der Waals surface area contributed by atoms with Crippen LogP contribution in [-0.2, 0) is 6.42 Å². The molecule has 0 radical (unpaired) electrons. The van der Waals surface area contributed by atoms with E-state index in [9.17, 15) is 4.79 Å². The quantitative estimate of drug-likeness (QED) is 0.732. The predicted molar refractivity (Wildman–Crippen MR) is 49.1 cm³/mol. The van der Waals surface area contributed by atoms with Crippen LogP contribution in [0.3, 0.4) is 0 Å². The topological polar surface area (TPSA) is 66.9 Å². The van der Waals surface area contributed by atoms with Crippen LogP contribution < -0.4 is 5.73 Å². The van der Waals surface area contributed by atoms with E-state index < -0.39 is 5.91 Å². The van der Waals surface area contributed by atoms with E-state index in [2.05, 4.69) is 0 Å². The van der Waals surface area contributed by atoms with Crippen molar-refractivity contribution in [3.8, 4) is 6.07 Å². The molecule has 1 aromatic carbocycles. The maximum atomic E-state index is 11.0. The van der Waals surface area contributed by atoms with Crippen molar-refractivity contribution >= 4 is 5.91 Å². The fourth-order valence-corrected chi connectivity index (χ4v) is 1.28. The number of hydrogen-bond acceptors (Lipinski definition) is 2. The van der Waals surface area contributed by atoms with Gasteiger partial charge in [0.05, 0.1) is 17.2 Å². The highest BCUT2D eigenvalue weighted by Gasteiger charge is 2.11. The first-order valence-corrected chi connectivity index (χ1v) is 4.02. The van der Waals surface area contributed by atoms with Crippen molar-refractivity contribution in [2.75, 3.05) is 0 Å². The molecule has 0 atom stereocenters. The molecule has 0 unspecified atom stereocenters. The molecule has 2 N–H and O–H groups in total. The number of amides is 1. The Bertz CT molecular complexity index is 377. The molecule has 0 aromatic heterocycles. The van der Waals surface area contributed by atoms with Crippen molar-refractivity contribution in [1.29, 1.82) is 5.26 Å². The van der Waals surface area contributed by atoms with Crippen LogP contribution in [0, 0.1) is 11.3 Å². The fraction of sp³-hybridized carbons (Fsp3) is 0.200. The van der Waals surface area contributed by atoms with Crippen LogP contribution in [0.25, 0.3) is 0 Å². The Labute approximate surface area is 76.8 Å². The summed E-state index contributed by atoms with van der Waals surface area (Å²) in [5.74, 6) is -0.533. The third kappa shape index (κ3) is 1.67. The van der Waals surface area contributed by atoms with E-state index in [1.54, 1.807) is 18.2 Å². The molecule has 0 aliphatic rings. The van der Waals surface area contributed by atoms with Crippen molar-refractivity contribution < 1.29 is 4.79 Å². The van der Waals surface area contributed by atoms with Crippen LogP contribution in [0.2, 0.25) is 0 Å². The van der Waals surface area contributed by atoms with Crippen molar-refractivity contribution in [3.63, 3.8) is 0 Å². The van der Waals surface area contributed by atoms with Gasteiger partial charge in [0.2, 0.25) is 5.91 Å². The van der Waals surface area contributed by atoms with Gasteiger partial charge < -0.3 is 5.73 Å². The Hall–Kier alpha value is -1.82. The maximum absolute atomic E-state index is 11.0. The van der Waals surface area contributed by atoms with Gasteiger partial charge in [0.15, 0.2) is 0 Å². The second kappa shape index (κ2) is 3.72. The zero-order chi connectivity index (χ0) is 9.84. The highest BCUT2D eigenvalue weighted by atomic mass is 16.1. The van der Waals surface area contributed by atoms with Crippen LogP contribution in [0.5, 0.6) is 0 Å². The van der Waals surface area contributed by atoms with E-state index in [-0.39, 0.29) is 0 Å². The fourth-order valence-electron chi connectivity index (χ4n) is 1.28. The molecule has 13 heavy (non-hydrogen) atoms. The van der Waals surface area contributed by atoms with Gasteiger partial charge in [-0.25, -0.2) is 0 Å². The van der Waals surface area contributed by atoms with Gasteiger partial charge in [-0.2, -0.15) is 5.26 Å². The number of rotatable bonds is 2. The van der Waals surface area contributed by atoms with E-state index in [1.165, 1.54) is 0 Å². The molecule has 0 bridgehead atoms. The second-order valence-electron chi connectivity index (χ2n) is 2.67. The number of benzene rings is 1. The molecule has 1 amide bonds. The van der Waals surface area contributed by atoms with Crippen LogP contribution in [0.4, 0.5) is 0 Å². The number of hydrogen-bond donors (Lipinski definition) is 1. The summed E-state index contributed by atoms with van der Waals surface area (Å²) in [4.78, 5) is 11.0. The minimum Gasteiger partial charge on any atom is -0.366 e. The average molecular weight is 174 g/mol. The summed E-state index contributed by atoms with van der Waals surface area (Å²) in [6, 6.07) is 7.11. The van der Waals surface area contributed by atoms with E-state index in [1.807, 2.05) is 13.0 Å². The lowest BCUT2D eigenvalue weighted by molar-refractivity contribution is 0.0999. The third-order valence-corrected chi connectivity index (χ3v) is 1.90. The Morgan fingerprint density at radius 2 is 2.31 bits per heavy atom. The summed E-state index contributed by atoms with van der Waals surface area (Å²) in [5.41, 5.74) is 6.71. The number of aryl methyl sites for hydroxylation is 1. The van der Waals surface area contributed by atoms with E-state index in [4.69, 9.17) is 11.0 Å². The van der Waals surface area contributed by atoms with E-state index in [0.29, 0.717) is 17.5 Å². The van der Waals surface area contributed by atoms with Gasteiger partial charge >= 0.3 is 0 Å². The van der Waals surface area contributed by atoms with Crippen LogP contribution in [0.15, 0.2) is 18.2 Å². The molecular weight excluding hydrogens is 164 g/mol. The first-order chi connectivity index (χ1) is 6.20. The predicted octanol–water partition coefficient (Wildman–Crippen LogP) is 1.22. The smallest absolute Gasteiger partial charge is 0.250 e. The highest BCUT2D eigenvalue weighted by molar-refractivity contribution is 5.96. The first-order valence-electron chi connectivity index (χ1n) is 4.02. The molecule has 0 fully saturated rings. The van der Waals surface area contributed by atoms with Gasteiger partial charge in [-0.3, -0.25) is 4.79 Å². The second-order valence-corrected chi connectivity index (χ2v) is 2.67. The van der Waals surface area contributed by atoms with Gasteiger partial charge in [-0.05, 0) is 18.1 Å². The number of carbonyl (C=O) groups is 1. The molecule has 0 saturated carbocycles. The standard InChI is InChI=1S/C10H10N2O/c1-2-7-4-3-5-8(6-11)9(7)10(12)13/h3-5H,2H2,1H3,(H2,12,13). The van der Waals surface area contributed by atoms with Gasteiger partial charge in [-0.1, -0.05) is 19.1 Å². The van der Waals surface area contributed by atoms with Crippen molar-refractivity contribution in [2.45, 2.75) is 13.3 Å². The minimum absolute atomic E-state index is 0.354. The van der Waals surface area contributed by atoms with Crippen molar-refractivity contribution in [2.24, 2.45) is 5.73 Å². The van der Waals surface area contributed by atoms with Crippen molar-refractivity contribution in [3.05, 3.63) is 34.9 Å². The molecule has 66 valence electrons. The first kappa shape index (κ1) is 9.27. The summed E-state index contributed by atoms with van der Waals surface area (Å²) in [5, 5.41) is 8.73. The molecule has 3 heteroatoms. The summed E-state index contributed by atoms with van der Waals surface area (Å²) in [6.07, 6.45) is 0.702. The van der Waals surface area contributed by atoms with Crippen LogP contribution in [0.1, 0.15) is 28.4 Å². The lowest BCUT2D eigenvalue weighted by atomic mass is 9.99. The normalized spacial score (nSPS) is 9.23. The molecule has 0 saturated heterocycles. The summed E-state index contributed by atoms with van der Waals surface area (Å²) in [6.45, 7) is 1.92. The molecule has 0 aliphatic carbocycles. The molecular formula is C10H10N2O. The van der Waals surface area contributed by atoms with Crippen LogP contribution >= 0.6 is 0 Å². The Balaban J connectivity index is 3.41. The summed E-state index contributed by atoms with van der Waals surface area (Å²) in [7, 11) is 0. The molecule has 1 aromatic rings. The maximum Gasteiger partial charge on any atom is 0.250 e. The number of nitrogens with zero attached hydrogens (tertiary/aromatic N) is 1. The Morgan fingerprint density at radius 1 is 1.62 bits per heavy atom. The minimum atomic E-state index is -0.533. The Morgan fingerprint density at radius 3 is 2.77 bits per heavy atom. The molecule has 3 nitrogen and oxygen atoms in total. The SMILES string of the molecule is CCc1cccc(C#N)c1C(N)=O. The number of nitrogens with two attached hydrogens (primary N) is 1. The highest BCUT2D eigenvalue weighted by Crippen LogP contribution is 2.13. The zero-order valence-corrected chi connectivity index (χ0v) is 7.37. The molecule has 0 spiro atoms. The van der Waals surface area contributed by atoms with Crippen LogP contribution in [-0.4, -0.2) is 5.91 Å². The van der Waals surface area contributed by atoms with E-state index in [0.717, 1.165) is 5.56 Å². The third-order valence-electron chi connectivity index (χ3n) is 1.90. The van der Waals surface area contributed by atoms with Gasteiger partial charge in [-0.15, -0.1) is 0 Å². The van der Waals surface area contributed by atoms with Gasteiger partial charge in [0.1, 0.15) is 0 Å². The van der Waals surface area contributed by atoms with Gasteiger partial charge in [0, 0.05) is 0 Å². The number of nitriles is 1. The van der Waals surface area contributed by atoms with Gasteiger partial charge in [0.25, 0.3) is 0 Å². The average Bonchev–Trinajstić information content (AvgIpc) is 2.16. The molecule has 0 heterocycles. The lowest BCUT2D eigenvalue weighted by Gasteiger charge is -2.04. The summed E-state index contributed by atoms with van der Waals surface area (Å²) >= 11 is 0. The zero-order valence-electron chi connectivity index (χ0n) is 7.37.